The normalized spacial score (nSPS) is 14.4. The number of amides is 6. The Balaban J connectivity index is 3.20. The molecule has 0 aliphatic heterocycles. The van der Waals surface area contributed by atoms with Gasteiger partial charge in [0.2, 0.25) is 35.4 Å². The van der Waals surface area contributed by atoms with Crippen LogP contribution in [0.1, 0.15) is 103 Å². The Morgan fingerprint density at radius 1 is 0.706 bits per heavy atom. The Hall–Kier alpha value is -4.21. The molecule has 1 rings (SSSR count). The van der Waals surface area contributed by atoms with Crippen LogP contribution in [0.5, 0.6) is 0 Å². The summed E-state index contributed by atoms with van der Waals surface area (Å²) in [5.41, 5.74) is 10.9. The number of aliphatic hydroxyl groups is 1. The van der Waals surface area contributed by atoms with Gasteiger partial charge in [-0.25, -0.2) is 0 Å². The van der Waals surface area contributed by atoms with Gasteiger partial charge in [0.15, 0.2) is 6.10 Å². The zero-order chi connectivity index (χ0) is 38.6. The number of hydrogen-bond donors (Lipinski definition) is 7. The molecule has 9 N–H and O–H groups in total. The number of primary amides is 2. The van der Waals surface area contributed by atoms with Gasteiger partial charge >= 0.3 is 6.18 Å². The number of rotatable bonds is 25. The molecule has 0 aliphatic carbocycles. The molecule has 13 nitrogen and oxygen atoms in total. The van der Waals surface area contributed by atoms with E-state index >= 15 is 0 Å². The summed E-state index contributed by atoms with van der Waals surface area (Å²) in [7, 11) is 0. The lowest BCUT2D eigenvalue weighted by Gasteiger charge is -2.29. The number of aliphatic hydroxyl groups excluding tert-OH is 1. The molecule has 0 fully saturated rings. The fraction of sp³-hybridized carbons (Fsp3) is 0.657. The van der Waals surface area contributed by atoms with Crippen LogP contribution in [0, 0.1) is 5.92 Å². The van der Waals surface area contributed by atoms with E-state index < -0.39 is 91.7 Å². The van der Waals surface area contributed by atoms with Gasteiger partial charge in [0.1, 0.15) is 18.1 Å². The van der Waals surface area contributed by atoms with Gasteiger partial charge in [0, 0.05) is 25.7 Å². The predicted molar refractivity (Wildman–Crippen MR) is 184 cm³/mol. The first-order valence-electron chi connectivity index (χ1n) is 17.5. The Labute approximate surface area is 297 Å². The smallest absolute Gasteiger partial charge is 0.382 e. The highest BCUT2D eigenvalue weighted by molar-refractivity contribution is 5.94. The number of hydrogen-bond acceptors (Lipinski definition) is 7. The predicted octanol–water partition coefficient (Wildman–Crippen LogP) is 2.42. The lowest BCUT2D eigenvalue weighted by atomic mass is 10.00. The number of unbranched alkanes of at least 4 members (excludes halogenated alkanes) is 6. The lowest BCUT2D eigenvalue weighted by molar-refractivity contribution is -0.212. The van der Waals surface area contributed by atoms with Gasteiger partial charge in [-0.2, -0.15) is 13.2 Å². The Kier molecular flexibility index (Phi) is 20.5. The van der Waals surface area contributed by atoms with Crippen LogP contribution < -0.4 is 32.7 Å². The van der Waals surface area contributed by atoms with E-state index in [1.165, 1.54) is 6.42 Å². The number of halogens is 3. The number of alkyl halides is 3. The van der Waals surface area contributed by atoms with Crippen molar-refractivity contribution in [3.8, 4) is 0 Å². The van der Waals surface area contributed by atoms with E-state index in [0.29, 0.717) is 12.0 Å². The van der Waals surface area contributed by atoms with Crippen molar-refractivity contribution in [2.75, 3.05) is 0 Å². The summed E-state index contributed by atoms with van der Waals surface area (Å²) < 4.78 is 40.2. The number of benzene rings is 1. The first-order valence-corrected chi connectivity index (χ1v) is 17.5. The van der Waals surface area contributed by atoms with Gasteiger partial charge in [-0.1, -0.05) is 89.6 Å². The fourth-order valence-electron chi connectivity index (χ4n) is 5.29. The monoisotopic (exact) mass is 728 g/mol. The summed E-state index contributed by atoms with van der Waals surface area (Å²) in [5, 5.41) is 19.7. The third kappa shape index (κ3) is 18.6. The largest absolute Gasteiger partial charge is 0.416 e. The number of carbonyl (C=O) groups is 6. The molecular formula is C35H55F3N6O7. The van der Waals surface area contributed by atoms with Crippen LogP contribution in [0.3, 0.4) is 0 Å². The maximum absolute atomic E-state index is 13.7. The highest BCUT2D eigenvalue weighted by Crippen LogP contribution is 2.24. The fourth-order valence-corrected chi connectivity index (χ4v) is 5.29. The zero-order valence-electron chi connectivity index (χ0n) is 29.7. The van der Waals surface area contributed by atoms with Gasteiger partial charge < -0.3 is 37.8 Å². The molecule has 1 aromatic carbocycles. The number of carbonyl (C=O) groups excluding carboxylic acids is 6. The van der Waals surface area contributed by atoms with Crippen molar-refractivity contribution in [2.24, 2.45) is 17.4 Å². The van der Waals surface area contributed by atoms with Crippen molar-refractivity contribution in [3.05, 3.63) is 35.9 Å². The minimum atomic E-state index is -5.18. The molecule has 1 aromatic rings. The van der Waals surface area contributed by atoms with E-state index in [4.69, 9.17) is 11.5 Å². The summed E-state index contributed by atoms with van der Waals surface area (Å²) in [6.45, 7) is 5.58. The van der Waals surface area contributed by atoms with Crippen LogP contribution in [0.15, 0.2) is 30.3 Å². The quantitative estimate of drug-likeness (QED) is 0.0745. The maximum Gasteiger partial charge on any atom is 0.416 e. The molecule has 0 bridgehead atoms. The molecule has 2 unspecified atom stereocenters. The van der Waals surface area contributed by atoms with Crippen molar-refractivity contribution in [1.82, 2.24) is 21.3 Å². The van der Waals surface area contributed by atoms with Crippen molar-refractivity contribution in [3.63, 3.8) is 0 Å². The Morgan fingerprint density at radius 2 is 1.24 bits per heavy atom. The number of nitrogens with one attached hydrogen (secondary N) is 4. The van der Waals surface area contributed by atoms with E-state index in [0.717, 1.165) is 32.1 Å². The second-order valence-electron chi connectivity index (χ2n) is 13.1. The molecule has 6 amide bonds. The maximum atomic E-state index is 13.7. The standard InChI is InChI=1S/C35H55F3N6O7/c1-4-5-6-7-8-9-13-16-29(47)44-30(22(2)3)34(51)43-26(21-23-14-11-10-12-15-23)33(50)42-25(18-20-28(40)46)32(49)41-24(17-19-27(39)45)31(48)35(36,37)38/h10-12,14-15,22,24-26,30-31,48H,4-9,13,16-21H2,1-3H3,(H2,39,45)(H2,40,46)(H,41,49)(H,42,50)(H,43,51)(H,44,47)/t24?,25-,26-,30-,31?/m0/s1. The van der Waals surface area contributed by atoms with Crippen LogP contribution >= 0.6 is 0 Å². The van der Waals surface area contributed by atoms with Crippen molar-refractivity contribution in [2.45, 2.75) is 141 Å². The van der Waals surface area contributed by atoms with Gasteiger partial charge in [0.25, 0.3) is 0 Å². The second kappa shape index (κ2) is 23.3. The van der Waals surface area contributed by atoms with E-state index in [1.54, 1.807) is 44.2 Å². The third-order valence-electron chi connectivity index (χ3n) is 8.25. The summed E-state index contributed by atoms with van der Waals surface area (Å²) in [4.78, 5) is 76.2. The highest BCUT2D eigenvalue weighted by atomic mass is 19.4. The van der Waals surface area contributed by atoms with Crippen molar-refractivity contribution >= 4 is 35.4 Å². The molecule has 0 heterocycles. The molecule has 0 spiro atoms. The Morgan fingerprint density at radius 3 is 1.78 bits per heavy atom. The Bertz CT molecular complexity index is 1270. The highest BCUT2D eigenvalue weighted by Gasteiger charge is 2.44. The molecule has 5 atom stereocenters. The molecule has 16 heteroatoms. The second-order valence-corrected chi connectivity index (χ2v) is 13.1. The van der Waals surface area contributed by atoms with E-state index in [-0.39, 0.29) is 24.7 Å². The molecular weight excluding hydrogens is 673 g/mol. The third-order valence-corrected chi connectivity index (χ3v) is 8.25. The summed E-state index contributed by atoms with van der Waals surface area (Å²) in [6.07, 6.45) is -3.21. The van der Waals surface area contributed by atoms with E-state index in [9.17, 15) is 47.0 Å². The molecule has 0 saturated carbocycles. The minimum absolute atomic E-state index is 0.0760. The average molecular weight is 729 g/mol. The first kappa shape index (κ1) is 44.8. The van der Waals surface area contributed by atoms with Gasteiger partial charge in [-0.3, -0.25) is 28.8 Å². The van der Waals surface area contributed by atoms with Crippen LogP contribution in [0.25, 0.3) is 0 Å². The van der Waals surface area contributed by atoms with Crippen molar-refractivity contribution in [1.29, 1.82) is 0 Å². The zero-order valence-corrected chi connectivity index (χ0v) is 29.7. The average Bonchev–Trinajstić information content (AvgIpc) is 3.05. The van der Waals surface area contributed by atoms with Crippen molar-refractivity contribution < 1.29 is 47.0 Å². The lowest BCUT2D eigenvalue weighted by Crippen LogP contribution is -2.59. The van der Waals surface area contributed by atoms with Gasteiger partial charge in [-0.05, 0) is 30.7 Å². The molecule has 51 heavy (non-hydrogen) atoms. The molecule has 0 radical (unpaired) electrons. The minimum Gasteiger partial charge on any atom is -0.382 e. The molecule has 288 valence electrons. The summed E-state index contributed by atoms with van der Waals surface area (Å²) >= 11 is 0. The van der Waals surface area contributed by atoms with E-state index in [1.807, 2.05) is 5.32 Å². The van der Waals surface area contributed by atoms with Crippen LogP contribution in [0.2, 0.25) is 0 Å². The number of nitrogens with two attached hydrogens (primary N) is 2. The molecule has 0 aromatic heterocycles. The first-order chi connectivity index (χ1) is 24.0. The summed E-state index contributed by atoms with van der Waals surface area (Å²) in [6, 6.07) is 2.51. The van der Waals surface area contributed by atoms with Crippen LogP contribution in [-0.4, -0.2) is 77.0 Å². The molecule has 0 saturated heterocycles. The SMILES string of the molecule is CCCCCCCCCC(=O)N[C@H](C(=O)N[C@@H](Cc1ccccc1)C(=O)N[C@@H](CCC(N)=O)C(=O)NC(CCC(N)=O)C(O)C(F)(F)F)C(C)C. The molecule has 0 aliphatic rings. The van der Waals surface area contributed by atoms with Crippen LogP contribution in [0.4, 0.5) is 13.2 Å². The van der Waals surface area contributed by atoms with E-state index in [2.05, 4.69) is 22.9 Å². The van der Waals surface area contributed by atoms with Gasteiger partial charge in [0.05, 0.1) is 6.04 Å². The van der Waals surface area contributed by atoms with Gasteiger partial charge in [-0.15, -0.1) is 0 Å². The summed E-state index contributed by atoms with van der Waals surface area (Å²) in [5.74, 6) is -5.35. The van der Waals surface area contributed by atoms with Crippen LogP contribution in [-0.2, 0) is 35.2 Å². The topological polar surface area (TPSA) is 223 Å².